The third-order valence-electron chi connectivity index (χ3n) is 8.16. The molecule has 1 amide bonds. The van der Waals surface area contributed by atoms with Crippen LogP contribution < -0.4 is 15.9 Å². The summed E-state index contributed by atoms with van der Waals surface area (Å²) in [5.74, 6) is 5.08. The van der Waals surface area contributed by atoms with Gasteiger partial charge in [-0.25, -0.2) is 12.8 Å². The Kier molecular flexibility index (Phi) is 6.39. The van der Waals surface area contributed by atoms with E-state index in [0.29, 0.717) is 0 Å². The van der Waals surface area contributed by atoms with Gasteiger partial charge in [0.25, 0.3) is 15.9 Å². The smallest absolute Gasteiger partial charge is 0.286 e. The van der Waals surface area contributed by atoms with Crippen molar-refractivity contribution in [3.05, 3.63) is 65.2 Å². The molecule has 0 aromatic heterocycles. The number of sulfonamides is 2. The van der Waals surface area contributed by atoms with E-state index in [1.165, 1.54) is 24.3 Å². The summed E-state index contributed by atoms with van der Waals surface area (Å²) in [6.07, 6.45) is 4.71. The summed E-state index contributed by atoms with van der Waals surface area (Å²) in [5, 5.41) is 2.94. The van der Waals surface area contributed by atoms with Crippen molar-refractivity contribution in [1.29, 1.82) is 0 Å². The molecule has 4 atom stereocenters. The molecule has 0 radical (unpaired) electrons. The van der Waals surface area contributed by atoms with Gasteiger partial charge in [0.1, 0.15) is 22.0 Å². The first-order valence-corrected chi connectivity index (χ1v) is 16.2. The molecule has 0 spiro atoms. The lowest BCUT2D eigenvalue weighted by atomic mass is 9.83. The van der Waals surface area contributed by atoms with Crippen LogP contribution in [0.4, 0.5) is 15.8 Å². The molecular weight excluding hydrogens is 561 g/mol. The number of benzene rings is 2. The van der Waals surface area contributed by atoms with Gasteiger partial charge in [0.05, 0.1) is 11.9 Å². The molecule has 2 saturated carbocycles. The molecule has 4 N–H and O–H groups in total. The normalized spacial score (nSPS) is 26.9. The number of halogens is 1. The molecule has 0 saturated heterocycles. The molecule has 2 aliphatic heterocycles. The summed E-state index contributed by atoms with van der Waals surface area (Å²) >= 11 is 0. The van der Waals surface area contributed by atoms with Crippen LogP contribution in [0.1, 0.15) is 31.2 Å². The fourth-order valence-corrected chi connectivity index (χ4v) is 8.41. The molecule has 11 nitrogen and oxygen atoms in total. The largest absolute Gasteiger partial charge is 0.415 e. The van der Waals surface area contributed by atoms with Gasteiger partial charge < -0.3 is 15.1 Å². The zero-order valence-corrected chi connectivity index (χ0v) is 23.1. The van der Waals surface area contributed by atoms with Crippen LogP contribution in [-0.2, 0) is 36.2 Å². The van der Waals surface area contributed by atoms with E-state index in [-0.39, 0.29) is 69.6 Å². The van der Waals surface area contributed by atoms with Crippen molar-refractivity contribution in [1.82, 2.24) is 4.90 Å². The molecule has 2 aromatic rings. The Morgan fingerprint density at radius 1 is 1.18 bits per heavy atom. The number of nitrogens with zero attached hydrogens (tertiary/aromatic N) is 2. The summed E-state index contributed by atoms with van der Waals surface area (Å²) in [4.78, 5) is 21.1. The van der Waals surface area contributed by atoms with Crippen molar-refractivity contribution < 1.29 is 30.9 Å². The number of hydrogen-bond acceptors (Lipinski definition) is 8. The zero-order chi connectivity index (χ0) is 28.4. The first kappa shape index (κ1) is 26.7. The van der Waals surface area contributed by atoms with Crippen molar-refractivity contribution in [2.45, 2.75) is 43.2 Å². The van der Waals surface area contributed by atoms with Crippen LogP contribution in [0.2, 0.25) is 0 Å². The van der Waals surface area contributed by atoms with Gasteiger partial charge in [0.2, 0.25) is 10.0 Å². The summed E-state index contributed by atoms with van der Waals surface area (Å²) < 4.78 is 69.7. The summed E-state index contributed by atoms with van der Waals surface area (Å²) in [5.41, 5.74) is 0.841. The van der Waals surface area contributed by atoms with E-state index in [0.717, 1.165) is 43.6 Å². The van der Waals surface area contributed by atoms with Crippen LogP contribution in [0.15, 0.2) is 63.1 Å². The summed E-state index contributed by atoms with van der Waals surface area (Å²) in [6.45, 7) is 0.196. The first-order chi connectivity index (χ1) is 18.9. The van der Waals surface area contributed by atoms with Crippen molar-refractivity contribution in [2.24, 2.45) is 28.0 Å². The van der Waals surface area contributed by atoms with Gasteiger partial charge in [-0.3, -0.25) is 9.52 Å². The van der Waals surface area contributed by atoms with Gasteiger partial charge in [-0.1, -0.05) is 18.6 Å². The molecule has 40 heavy (non-hydrogen) atoms. The Morgan fingerprint density at radius 2 is 1.90 bits per heavy atom. The van der Waals surface area contributed by atoms with Gasteiger partial charge >= 0.3 is 0 Å². The molecule has 2 bridgehead atoms. The highest BCUT2D eigenvalue weighted by molar-refractivity contribution is 7.92. The molecule has 0 unspecified atom stereocenters. The topological polar surface area (TPSA) is 160 Å². The quantitative estimate of drug-likeness (QED) is 0.434. The Balaban J connectivity index is 1.45. The van der Waals surface area contributed by atoms with Gasteiger partial charge in [0.15, 0.2) is 5.84 Å². The standard InChI is InChI=1S/C26H28FN5O6S2/c1-39(34,35)30-18-9-10-19-20(12-18)40(36,37)31-25(29-19)22-24(38-28)21-15-3-2-4-16(11-15)23(21)32(26(22)33)13-14-5-7-17(27)8-6-14/h5-10,12,15-16,21,23,30H,2-4,11,13,28H2,1H3,(H,29,31)/t15-,16+,21+,23-/m0/s1. The number of nitrogens with two attached hydrogens (primary N) is 1. The molecule has 2 heterocycles. The number of hydrogen-bond donors (Lipinski definition) is 3. The number of carbonyl (C=O) groups excluding carboxylic acids is 1. The maximum Gasteiger partial charge on any atom is 0.286 e. The summed E-state index contributed by atoms with van der Waals surface area (Å²) in [6, 6.07) is 9.67. The minimum Gasteiger partial charge on any atom is -0.415 e. The molecule has 14 heteroatoms. The first-order valence-electron chi connectivity index (χ1n) is 12.9. The minimum atomic E-state index is -4.35. The molecule has 2 aromatic carbocycles. The molecular formula is C26H28FN5O6S2. The van der Waals surface area contributed by atoms with Crippen LogP contribution in [0.5, 0.6) is 0 Å². The highest BCUT2D eigenvalue weighted by Gasteiger charge is 2.56. The third-order valence-corrected chi connectivity index (χ3v) is 10.1. The Morgan fingerprint density at radius 3 is 2.60 bits per heavy atom. The van der Waals surface area contributed by atoms with Gasteiger partial charge in [0, 0.05) is 24.2 Å². The SMILES string of the molecule is CS(=O)(=O)Nc1ccc2c(c1)S(=O)(=O)N=C(C1=C(ON)[C@@H]3[C@H]4CCC[C@H](C4)[C@@H]3N(Cc3ccc(F)cc3)C1=O)N2. The van der Waals surface area contributed by atoms with Crippen molar-refractivity contribution in [2.75, 3.05) is 16.3 Å². The van der Waals surface area contributed by atoms with Crippen molar-refractivity contribution in [3.8, 4) is 0 Å². The van der Waals surface area contributed by atoms with E-state index >= 15 is 0 Å². The van der Waals surface area contributed by atoms with E-state index in [9.17, 15) is 26.0 Å². The van der Waals surface area contributed by atoms with Crippen molar-refractivity contribution in [3.63, 3.8) is 0 Å². The molecule has 2 aliphatic carbocycles. The van der Waals surface area contributed by atoms with Crippen molar-refractivity contribution >= 4 is 43.2 Å². The Bertz CT molecular complexity index is 1670. The van der Waals surface area contributed by atoms with Crippen LogP contribution in [0.25, 0.3) is 0 Å². The lowest BCUT2D eigenvalue weighted by Crippen LogP contribution is -2.53. The lowest BCUT2D eigenvalue weighted by molar-refractivity contribution is -0.133. The van der Waals surface area contributed by atoms with E-state index in [4.69, 9.17) is 10.7 Å². The number of rotatable bonds is 6. The number of anilines is 2. The van der Waals surface area contributed by atoms with Gasteiger partial charge in [-0.2, -0.15) is 14.3 Å². The maximum absolute atomic E-state index is 14.2. The van der Waals surface area contributed by atoms with Gasteiger partial charge in [-0.15, -0.1) is 4.40 Å². The van der Waals surface area contributed by atoms with Crippen LogP contribution in [0.3, 0.4) is 0 Å². The predicted molar refractivity (Wildman–Crippen MR) is 145 cm³/mol. The highest BCUT2D eigenvalue weighted by Crippen LogP contribution is 2.54. The lowest BCUT2D eigenvalue weighted by Gasteiger charge is -2.42. The van der Waals surface area contributed by atoms with Crippen LogP contribution in [0, 0.1) is 23.6 Å². The van der Waals surface area contributed by atoms with Gasteiger partial charge in [-0.05, 0) is 67.0 Å². The minimum absolute atomic E-state index is 0.0516. The summed E-state index contributed by atoms with van der Waals surface area (Å²) in [7, 11) is -7.99. The van der Waals surface area contributed by atoms with E-state index < -0.39 is 26.0 Å². The molecule has 212 valence electrons. The number of amidine groups is 1. The second-order valence-electron chi connectivity index (χ2n) is 10.7. The predicted octanol–water partition coefficient (Wildman–Crippen LogP) is 2.70. The third kappa shape index (κ3) is 4.63. The van der Waals surface area contributed by atoms with Crippen LogP contribution in [-0.4, -0.2) is 45.8 Å². The average Bonchev–Trinajstić information content (AvgIpc) is 3.14. The Labute approximate surface area is 231 Å². The average molecular weight is 590 g/mol. The second-order valence-corrected chi connectivity index (χ2v) is 14.1. The molecule has 6 rings (SSSR count). The second kappa shape index (κ2) is 9.56. The van der Waals surface area contributed by atoms with E-state index in [1.807, 2.05) is 0 Å². The molecule has 4 aliphatic rings. The number of fused-ring (bicyclic) bond motifs is 6. The number of carbonyl (C=O) groups is 1. The number of amides is 1. The maximum atomic E-state index is 14.2. The fourth-order valence-electron chi connectivity index (χ4n) is 6.71. The highest BCUT2D eigenvalue weighted by atomic mass is 32.2. The van der Waals surface area contributed by atoms with E-state index in [2.05, 4.69) is 14.4 Å². The fraction of sp³-hybridized carbons (Fsp3) is 0.385. The zero-order valence-electron chi connectivity index (χ0n) is 21.5. The number of nitrogens with one attached hydrogen (secondary N) is 2. The monoisotopic (exact) mass is 589 g/mol. The van der Waals surface area contributed by atoms with E-state index in [1.54, 1.807) is 17.0 Å². The Hall–Kier alpha value is -3.49. The molecule has 2 fully saturated rings. The van der Waals surface area contributed by atoms with Crippen LogP contribution >= 0.6 is 0 Å².